The van der Waals surface area contributed by atoms with Crippen LogP contribution in [0.5, 0.6) is 0 Å². The molecule has 0 saturated carbocycles. The third-order valence-corrected chi connectivity index (χ3v) is 8.21. The molecule has 158 valence electrons. The summed E-state index contributed by atoms with van der Waals surface area (Å²) in [7, 11) is -2.19. The van der Waals surface area contributed by atoms with Crippen LogP contribution in [0.1, 0.15) is 29.3 Å². The molecule has 0 fully saturated rings. The van der Waals surface area contributed by atoms with Crippen molar-refractivity contribution in [2.75, 3.05) is 22.4 Å². The lowest BCUT2D eigenvalue weighted by Crippen LogP contribution is -2.26. The SMILES string of the molecule is CCCSc1nnc(NC(=O)c2ccc(N(C)S(=O)(=O)c3ccc(C)cc3)cc2)s1. The Morgan fingerprint density at radius 3 is 2.40 bits per heavy atom. The molecule has 1 aromatic heterocycles. The Morgan fingerprint density at radius 1 is 1.10 bits per heavy atom. The second-order valence-electron chi connectivity index (χ2n) is 6.51. The maximum atomic E-state index is 12.8. The molecule has 30 heavy (non-hydrogen) atoms. The van der Waals surface area contributed by atoms with E-state index in [4.69, 9.17) is 0 Å². The Labute approximate surface area is 184 Å². The Hall–Kier alpha value is -2.43. The average molecular weight is 463 g/mol. The first-order valence-corrected chi connectivity index (χ1v) is 12.5. The predicted molar refractivity (Wildman–Crippen MR) is 122 cm³/mol. The van der Waals surface area contributed by atoms with Crippen molar-refractivity contribution in [3.05, 3.63) is 59.7 Å². The third kappa shape index (κ3) is 5.18. The summed E-state index contributed by atoms with van der Waals surface area (Å²) in [4.78, 5) is 12.7. The zero-order valence-corrected chi connectivity index (χ0v) is 19.3. The highest BCUT2D eigenvalue weighted by Crippen LogP contribution is 2.27. The standard InChI is InChI=1S/C20H22N4O3S3/c1-4-13-28-20-23-22-19(29-20)21-18(25)15-7-9-16(10-8-15)24(3)30(26,27)17-11-5-14(2)6-12-17/h5-12H,4,13H2,1-3H3,(H,21,22,25). The minimum absolute atomic E-state index is 0.213. The molecule has 0 saturated heterocycles. The van der Waals surface area contributed by atoms with E-state index < -0.39 is 10.0 Å². The molecule has 0 aliphatic carbocycles. The van der Waals surface area contributed by atoms with Crippen LogP contribution in [0, 0.1) is 6.92 Å². The van der Waals surface area contributed by atoms with Crippen molar-refractivity contribution in [1.82, 2.24) is 10.2 Å². The summed E-state index contributed by atoms with van der Waals surface area (Å²) >= 11 is 2.93. The van der Waals surface area contributed by atoms with Crippen molar-refractivity contribution in [1.29, 1.82) is 0 Å². The van der Waals surface area contributed by atoms with Gasteiger partial charge in [0.1, 0.15) is 0 Å². The molecule has 0 radical (unpaired) electrons. The van der Waals surface area contributed by atoms with Crippen LogP contribution in [0.3, 0.4) is 0 Å². The van der Waals surface area contributed by atoms with Gasteiger partial charge in [0.05, 0.1) is 10.6 Å². The highest BCUT2D eigenvalue weighted by molar-refractivity contribution is 8.01. The van der Waals surface area contributed by atoms with Crippen LogP contribution in [-0.4, -0.2) is 37.3 Å². The van der Waals surface area contributed by atoms with Gasteiger partial charge < -0.3 is 0 Å². The Balaban J connectivity index is 1.70. The first kappa shape index (κ1) is 22.3. The summed E-state index contributed by atoms with van der Waals surface area (Å²) in [6, 6.07) is 13.0. The number of sulfonamides is 1. The lowest BCUT2D eigenvalue weighted by molar-refractivity contribution is 0.102. The van der Waals surface area contributed by atoms with E-state index in [2.05, 4.69) is 22.4 Å². The van der Waals surface area contributed by atoms with E-state index >= 15 is 0 Å². The number of rotatable bonds is 8. The number of aryl methyl sites for hydroxylation is 1. The van der Waals surface area contributed by atoms with Gasteiger partial charge in [-0.25, -0.2) is 8.42 Å². The van der Waals surface area contributed by atoms with Gasteiger partial charge in [-0.05, 0) is 49.7 Å². The summed E-state index contributed by atoms with van der Waals surface area (Å²) in [6.07, 6.45) is 1.03. The molecule has 0 atom stereocenters. The van der Waals surface area contributed by atoms with Crippen LogP contribution < -0.4 is 9.62 Å². The number of anilines is 2. The Kier molecular flexibility index (Phi) is 7.11. The minimum Gasteiger partial charge on any atom is -0.296 e. The highest BCUT2D eigenvalue weighted by Gasteiger charge is 2.21. The van der Waals surface area contributed by atoms with Gasteiger partial charge in [-0.1, -0.05) is 47.7 Å². The molecule has 1 amide bonds. The molecule has 1 heterocycles. The molecule has 3 rings (SSSR count). The summed E-state index contributed by atoms with van der Waals surface area (Å²) in [5.41, 5.74) is 1.85. The van der Waals surface area contributed by atoms with Crippen molar-refractivity contribution in [3.8, 4) is 0 Å². The van der Waals surface area contributed by atoms with Crippen LogP contribution >= 0.6 is 23.1 Å². The van der Waals surface area contributed by atoms with Gasteiger partial charge in [0, 0.05) is 18.4 Å². The Morgan fingerprint density at radius 2 is 1.77 bits per heavy atom. The molecular formula is C20H22N4O3S3. The molecule has 1 N–H and O–H groups in total. The molecule has 3 aromatic rings. The number of carbonyl (C=O) groups excluding carboxylic acids is 1. The summed E-state index contributed by atoms with van der Waals surface area (Å²) in [5.74, 6) is 0.622. The second kappa shape index (κ2) is 9.59. The van der Waals surface area contributed by atoms with Gasteiger partial charge in [-0.2, -0.15) is 0 Å². The van der Waals surface area contributed by atoms with Gasteiger partial charge in [0.2, 0.25) is 5.13 Å². The van der Waals surface area contributed by atoms with E-state index in [0.717, 1.165) is 22.1 Å². The van der Waals surface area contributed by atoms with Crippen LogP contribution in [0.2, 0.25) is 0 Å². The van der Waals surface area contributed by atoms with Crippen LogP contribution in [0.15, 0.2) is 57.8 Å². The van der Waals surface area contributed by atoms with Crippen LogP contribution in [-0.2, 0) is 10.0 Å². The number of hydrogen-bond acceptors (Lipinski definition) is 7. The number of thioether (sulfide) groups is 1. The number of carbonyl (C=O) groups is 1. The molecule has 7 nitrogen and oxygen atoms in total. The fraction of sp³-hybridized carbons (Fsp3) is 0.250. The van der Waals surface area contributed by atoms with Crippen molar-refractivity contribution in [2.24, 2.45) is 0 Å². The molecule has 0 aliphatic rings. The van der Waals surface area contributed by atoms with E-state index in [1.54, 1.807) is 60.3 Å². The van der Waals surface area contributed by atoms with E-state index in [1.807, 2.05) is 6.92 Å². The van der Waals surface area contributed by atoms with Gasteiger partial charge in [-0.15, -0.1) is 10.2 Å². The van der Waals surface area contributed by atoms with E-state index in [1.165, 1.54) is 22.7 Å². The van der Waals surface area contributed by atoms with Crippen LogP contribution in [0.25, 0.3) is 0 Å². The smallest absolute Gasteiger partial charge is 0.264 e. The monoisotopic (exact) mass is 462 g/mol. The highest BCUT2D eigenvalue weighted by atomic mass is 32.2. The lowest BCUT2D eigenvalue weighted by atomic mass is 10.2. The largest absolute Gasteiger partial charge is 0.296 e. The molecule has 0 aliphatic heterocycles. The van der Waals surface area contributed by atoms with Gasteiger partial charge in [0.25, 0.3) is 15.9 Å². The number of aromatic nitrogens is 2. The molecule has 0 bridgehead atoms. The summed E-state index contributed by atoms with van der Waals surface area (Å²) in [6.45, 7) is 3.99. The fourth-order valence-electron chi connectivity index (χ4n) is 2.51. The first-order valence-electron chi connectivity index (χ1n) is 9.24. The number of benzene rings is 2. The first-order chi connectivity index (χ1) is 14.3. The quantitative estimate of drug-likeness (QED) is 0.393. The van der Waals surface area contributed by atoms with E-state index in [9.17, 15) is 13.2 Å². The zero-order chi connectivity index (χ0) is 21.7. The van der Waals surface area contributed by atoms with Gasteiger partial charge in [-0.3, -0.25) is 14.4 Å². The Bertz CT molecular complexity index is 1110. The minimum atomic E-state index is -3.68. The van der Waals surface area contributed by atoms with Crippen molar-refractivity contribution < 1.29 is 13.2 Å². The number of amides is 1. The summed E-state index contributed by atoms with van der Waals surface area (Å²) in [5, 5.41) is 11.2. The number of nitrogens with one attached hydrogen (secondary N) is 1. The fourth-order valence-corrected chi connectivity index (χ4v) is 5.37. The summed E-state index contributed by atoms with van der Waals surface area (Å²) < 4.78 is 27.6. The average Bonchev–Trinajstić information content (AvgIpc) is 3.19. The predicted octanol–water partition coefficient (Wildman–Crippen LogP) is 4.43. The lowest BCUT2D eigenvalue weighted by Gasteiger charge is -2.19. The normalized spacial score (nSPS) is 11.3. The molecule has 10 heteroatoms. The maximum absolute atomic E-state index is 12.8. The molecule has 0 spiro atoms. The number of nitrogens with zero attached hydrogens (tertiary/aromatic N) is 3. The van der Waals surface area contributed by atoms with Crippen molar-refractivity contribution >= 4 is 49.8 Å². The maximum Gasteiger partial charge on any atom is 0.264 e. The van der Waals surface area contributed by atoms with Crippen molar-refractivity contribution in [3.63, 3.8) is 0 Å². The van der Waals surface area contributed by atoms with Gasteiger partial charge >= 0.3 is 0 Å². The van der Waals surface area contributed by atoms with E-state index in [-0.39, 0.29) is 10.8 Å². The number of hydrogen-bond donors (Lipinski definition) is 1. The molecular weight excluding hydrogens is 440 g/mol. The molecule has 0 unspecified atom stereocenters. The van der Waals surface area contributed by atoms with Crippen molar-refractivity contribution in [2.45, 2.75) is 29.5 Å². The second-order valence-corrected chi connectivity index (χ2v) is 10.8. The molecule has 2 aromatic carbocycles. The van der Waals surface area contributed by atoms with E-state index in [0.29, 0.717) is 16.4 Å². The zero-order valence-electron chi connectivity index (χ0n) is 16.8. The van der Waals surface area contributed by atoms with Gasteiger partial charge in [0.15, 0.2) is 4.34 Å². The van der Waals surface area contributed by atoms with Crippen LogP contribution in [0.4, 0.5) is 10.8 Å². The third-order valence-electron chi connectivity index (χ3n) is 4.23. The topological polar surface area (TPSA) is 92.3 Å².